The van der Waals surface area contributed by atoms with Crippen LogP contribution in [0, 0.1) is 0 Å². The monoisotopic (exact) mass is 402 g/mol. The zero-order chi connectivity index (χ0) is 20.9. The lowest BCUT2D eigenvalue weighted by atomic mass is 10.0. The third-order valence-corrected chi connectivity index (χ3v) is 5.77. The molecule has 1 heterocycles. The molecule has 4 rings (SSSR count). The first kappa shape index (κ1) is 20.4. The van der Waals surface area contributed by atoms with Crippen LogP contribution in [0.4, 0.5) is 5.69 Å². The second-order valence-corrected chi connectivity index (χ2v) is 8.03. The smallest absolute Gasteiger partial charge is 0.190 e. The largest absolute Gasteiger partial charge is 0.453 e. The van der Waals surface area contributed by atoms with E-state index in [4.69, 9.17) is 9.40 Å². The summed E-state index contributed by atoms with van der Waals surface area (Å²) in [5.41, 5.74) is 3.43. The summed E-state index contributed by atoms with van der Waals surface area (Å²) in [6.07, 6.45) is 7.31. The molecule has 1 aliphatic heterocycles. The van der Waals surface area contributed by atoms with Crippen molar-refractivity contribution in [2.24, 2.45) is 0 Å². The van der Waals surface area contributed by atoms with Gasteiger partial charge < -0.3 is 9.32 Å². The number of unbranched alkanes of at least 4 members (excludes halogenated alkanes) is 4. The van der Waals surface area contributed by atoms with E-state index in [9.17, 15) is 4.79 Å². The lowest BCUT2D eigenvalue weighted by Crippen LogP contribution is -2.25. The molecule has 4 nitrogen and oxygen atoms in total. The summed E-state index contributed by atoms with van der Waals surface area (Å²) in [7, 11) is 0. The molecular formula is C26H30N2O2. The van der Waals surface area contributed by atoms with Crippen LogP contribution in [0.5, 0.6) is 0 Å². The average Bonchev–Trinajstić information content (AvgIpc) is 2.77. The van der Waals surface area contributed by atoms with Gasteiger partial charge in [0.25, 0.3) is 0 Å². The molecule has 0 saturated heterocycles. The van der Waals surface area contributed by atoms with Crippen LogP contribution in [-0.4, -0.2) is 18.1 Å². The van der Waals surface area contributed by atoms with Crippen molar-refractivity contribution in [3.05, 3.63) is 58.8 Å². The molecule has 0 saturated carbocycles. The van der Waals surface area contributed by atoms with Crippen molar-refractivity contribution in [3.63, 3.8) is 0 Å². The van der Waals surface area contributed by atoms with Crippen molar-refractivity contribution in [1.29, 1.82) is 0 Å². The number of fused-ring (bicyclic) bond motifs is 4. The predicted molar refractivity (Wildman–Crippen MR) is 126 cm³/mol. The topological polar surface area (TPSA) is 46.3 Å². The Morgan fingerprint density at radius 2 is 1.57 bits per heavy atom. The predicted octanol–water partition coefficient (Wildman–Crippen LogP) is 6.63. The van der Waals surface area contributed by atoms with E-state index in [0.717, 1.165) is 35.3 Å². The highest BCUT2D eigenvalue weighted by atomic mass is 16.3. The molecule has 2 aromatic rings. The van der Waals surface area contributed by atoms with Gasteiger partial charge in [-0.1, -0.05) is 63.8 Å². The number of hydrogen-bond acceptors (Lipinski definition) is 4. The van der Waals surface area contributed by atoms with Crippen LogP contribution in [-0.2, 0) is 0 Å². The molecule has 0 atom stereocenters. The Morgan fingerprint density at radius 1 is 0.867 bits per heavy atom. The third-order valence-electron chi connectivity index (χ3n) is 5.77. The highest BCUT2D eigenvalue weighted by molar-refractivity contribution is 5.96. The summed E-state index contributed by atoms with van der Waals surface area (Å²) in [5.74, 6) is 0.548. The van der Waals surface area contributed by atoms with Gasteiger partial charge in [-0.15, -0.1) is 0 Å². The fourth-order valence-corrected chi connectivity index (χ4v) is 4.08. The Labute approximate surface area is 177 Å². The third kappa shape index (κ3) is 4.18. The highest BCUT2D eigenvalue weighted by Gasteiger charge is 2.16. The fourth-order valence-electron chi connectivity index (χ4n) is 4.08. The van der Waals surface area contributed by atoms with E-state index in [1.165, 1.54) is 44.2 Å². The van der Waals surface area contributed by atoms with E-state index >= 15 is 0 Å². The molecule has 2 aliphatic rings. The maximum absolute atomic E-state index is 12.5. The Hall–Kier alpha value is -2.88. The van der Waals surface area contributed by atoms with Crippen LogP contribution < -0.4 is 10.3 Å². The molecule has 2 aromatic carbocycles. The van der Waals surface area contributed by atoms with Crippen LogP contribution in [0.1, 0.15) is 52.4 Å². The molecule has 0 amide bonds. The summed E-state index contributed by atoms with van der Waals surface area (Å²) >= 11 is 0. The summed E-state index contributed by atoms with van der Waals surface area (Å²) in [6.45, 7) is 6.58. The molecule has 156 valence electrons. The van der Waals surface area contributed by atoms with Crippen molar-refractivity contribution >= 4 is 27.6 Å². The molecule has 0 radical (unpaired) electrons. The van der Waals surface area contributed by atoms with Gasteiger partial charge in [-0.3, -0.25) is 4.79 Å². The van der Waals surface area contributed by atoms with E-state index in [1.807, 2.05) is 30.3 Å². The van der Waals surface area contributed by atoms with E-state index in [-0.39, 0.29) is 5.43 Å². The summed E-state index contributed by atoms with van der Waals surface area (Å²) in [6, 6.07) is 15.4. The van der Waals surface area contributed by atoms with Gasteiger partial charge >= 0.3 is 0 Å². The number of benzene rings is 3. The SMILES string of the molecule is CCCCCN(CCCCC)c1ccc2nc3c4ccccc4c(=O)cc-3oc2c1. The van der Waals surface area contributed by atoms with Crippen molar-refractivity contribution < 1.29 is 4.42 Å². The molecular weight excluding hydrogens is 372 g/mol. The maximum Gasteiger partial charge on any atom is 0.190 e. The van der Waals surface area contributed by atoms with E-state index in [0.29, 0.717) is 11.1 Å². The minimum atomic E-state index is -0.0279. The first-order valence-corrected chi connectivity index (χ1v) is 11.2. The summed E-state index contributed by atoms with van der Waals surface area (Å²) in [4.78, 5) is 19.8. The van der Waals surface area contributed by atoms with Gasteiger partial charge in [-0.05, 0) is 25.0 Å². The minimum absolute atomic E-state index is 0.0279. The summed E-state index contributed by atoms with van der Waals surface area (Å²) < 4.78 is 6.19. The van der Waals surface area contributed by atoms with Gasteiger partial charge in [-0.2, -0.15) is 0 Å². The quantitative estimate of drug-likeness (QED) is 0.179. The number of nitrogens with zero attached hydrogens (tertiary/aromatic N) is 2. The molecule has 1 aliphatic carbocycles. The lowest BCUT2D eigenvalue weighted by Gasteiger charge is -2.25. The Kier molecular flexibility index (Phi) is 6.32. The van der Waals surface area contributed by atoms with Crippen molar-refractivity contribution in [3.8, 4) is 11.5 Å². The van der Waals surface area contributed by atoms with Gasteiger partial charge in [-0.25, -0.2) is 4.98 Å². The van der Waals surface area contributed by atoms with Crippen LogP contribution in [0.15, 0.2) is 57.7 Å². The van der Waals surface area contributed by atoms with Gasteiger partial charge in [0.15, 0.2) is 16.8 Å². The lowest BCUT2D eigenvalue weighted by molar-refractivity contribution is 0.611. The second-order valence-electron chi connectivity index (χ2n) is 8.03. The molecule has 0 spiro atoms. The Morgan fingerprint density at radius 3 is 2.27 bits per heavy atom. The Balaban J connectivity index is 1.75. The molecule has 0 unspecified atom stereocenters. The first-order chi connectivity index (χ1) is 14.7. The van der Waals surface area contributed by atoms with Crippen molar-refractivity contribution in [1.82, 2.24) is 4.98 Å². The number of anilines is 1. The van der Waals surface area contributed by atoms with Gasteiger partial charge in [0.2, 0.25) is 0 Å². The highest BCUT2D eigenvalue weighted by Crippen LogP contribution is 2.31. The van der Waals surface area contributed by atoms with Crippen molar-refractivity contribution in [2.45, 2.75) is 52.4 Å². The van der Waals surface area contributed by atoms with Crippen LogP contribution in [0.25, 0.3) is 33.3 Å². The number of hydrogen-bond donors (Lipinski definition) is 0. The molecule has 0 bridgehead atoms. The van der Waals surface area contributed by atoms with Crippen LogP contribution >= 0.6 is 0 Å². The van der Waals surface area contributed by atoms with Crippen molar-refractivity contribution in [2.75, 3.05) is 18.0 Å². The van der Waals surface area contributed by atoms with E-state index in [2.05, 4.69) is 30.9 Å². The van der Waals surface area contributed by atoms with Gasteiger partial charge in [0.1, 0.15) is 11.2 Å². The van der Waals surface area contributed by atoms with Crippen LogP contribution in [0.3, 0.4) is 0 Å². The normalized spacial score (nSPS) is 11.5. The van der Waals surface area contributed by atoms with E-state index < -0.39 is 0 Å². The zero-order valence-electron chi connectivity index (χ0n) is 18.0. The van der Waals surface area contributed by atoms with Gasteiger partial charge in [0.05, 0.1) is 0 Å². The van der Waals surface area contributed by atoms with E-state index in [1.54, 1.807) is 6.07 Å². The molecule has 30 heavy (non-hydrogen) atoms. The summed E-state index contributed by atoms with van der Waals surface area (Å²) in [5, 5.41) is 1.53. The average molecular weight is 403 g/mol. The zero-order valence-corrected chi connectivity index (χ0v) is 18.0. The standard InChI is InChI=1S/C26H30N2O2/c1-3-5-9-15-28(16-10-6-4-2)19-13-14-22-24(17-19)30-25-18-23(29)20-11-7-8-12-21(20)26(25)27-22/h7-8,11-14,17-18H,3-6,9-10,15-16H2,1-2H3. The van der Waals surface area contributed by atoms with Gasteiger partial charge in [0, 0.05) is 41.7 Å². The maximum atomic E-state index is 12.5. The van der Waals surface area contributed by atoms with Crippen LogP contribution in [0.2, 0.25) is 0 Å². The second kappa shape index (κ2) is 9.29. The minimum Gasteiger partial charge on any atom is -0.453 e. The number of aromatic nitrogens is 1. The molecule has 4 heteroatoms. The molecule has 0 N–H and O–H groups in total. The first-order valence-electron chi connectivity index (χ1n) is 11.2. The molecule has 0 aromatic heterocycles. The Bertz CT molecular complexity index is 1150. The number of rotatable bonds is 9. The fraction of sp³-hybridized carbons (Fsp3) is 0.385. The molecule has 0 fully saturated rings.